The van der Waals surface area contributed by atoms with E-state index in [4.69, 9.17) is 14.2 Å². The quantitative estimate of drug-likeness (QED) is 0.663. The fraction of sp³-hybridized carbons (Fsp3) is 0.450. The van der Waals surface area contributed by atoms with E-state index in [-0.39, 0.29) is 6.10 Å². The lowest BCUT2D eigenvalue weighted by Gasteiger charge is -2.34. The van der Waals surface area contributed by atoms with Gasteiger partial charge >= 0.3 is 0 Å². The highest BCUT2D eigenvalue weighted by Gasteiger charge is 2.21. The summed E-state index contributed by atoms with van der Waals surface area (Å²) in [6.45, 7) is 8.94. The van der Waals surface area contributed by atoms with Gasteiger partial charge in [0.1, 0.15) is 11.9 Å². The third-order valence-corrected chi connectivity index (χ3v) is 4.90. The van der Waals surface area contributed by atoms with E-state index in [1.54, 1.807) is 0 Å². The summed E-state index contributed by atoms with van der Waals surface area (Å²) in [7, 11) is 0. The molecule has 0 N–H and O–H groups in total. The summed E-state index contributed by atoms with van der Waals surface area (Å²) in [6, 6.07) is 12.5. The minimum Gasteiger partial charge on any atom is -0.371 e. The van der Waals surface area contributed by atoms with E-state index < -0.39 is 0 Å². The maximum Gasteiger partial charge on any atom is 0.240 e. The maximum atomic E-state index is 5.51. The lowest BCUT2D eigenvalue weighted by molar-refractivity contribution is 0.0683. The first-order chi connectivity index (χ1) is 13.2. The Morgan fingerprint density at radius 1 is 1.07 bits per heavy atom. The van der Waals surface area contributed by atoms with Gasteiger partial charge in [0.25, 0.3) is 0 Å². The number of hydrogen-bond acceptors (Lipinski definition) is 7. The molecule has 0 saturated carbocycles. The van der Waals surface area contributed by atoms with Crippen molar-refractivity contribution in [1.29, 1.82) is 0 Å². The molecule has 7 heteroatoms. The molecule has 1 atom stereocenters. The number of anilines is 1. The fourth-order valence-electron chi connectivity index (χ4n) is 3.38. The van der Waals surface area contributed by atoms with Crippen LogP contribution in [0.1, 0.15) is 31.7 Å². The zero-order chi connectivity index (χ0) is 18.6. The van der Waals surface area contributed by atoms with Crippen LogP contribution in [0.5, 0.6) is 0 Å². The van der Waals surface area contributed by atoms with Crippen molar-refractivity contribution in [3.8, 4) is 0 Å². The highest BCUT2D eigenvalue weighted by Crippen LogP contribution is 2.20. The van der Waals surface area contributed by atoms with Crippen LogP contribution in [0.3, 0.4) is 0 Å². The van der Waals surface area contributed by atoms with Crippen LogP contribution in [-0.4, -0.2) is 52.8 Å². The third kappa shape index (κ3) is 4.09. The predicted molar refractivity (Wildman–Crippen MR) is 104 cm³/mol. The molecule has 1 unspecified atom stereocenters. The summed E-state index contributed by atoms with van der Waals surface area (Å²) in [5.41, 5.74) is 1.04. The smallest absolute Gasteiger partial charge is 0.240 e. The van der Waals surface area contributed by atoms with Crippen LogP contribution in [0.4, 0.5) is 5.82 Å². The Balaban J connectivity index is 1.34. The minimum absolute atomic E-state index is 0.136. The van der Waals surface area contributed by atoms with Crippen LogP contribution in [0.15, 0.2) is 40.9 Å². The molecule has 1 fully saturated rings. The number of rotatable bonds is 6. The summed E-state index contributed by atoms with van der Waals surface area (Å²) in [4.78, 5) is 13.9. The van der Waals surface area contributed by atoms with Crippen molar-refractivity contribution in [3.05, 3.63) is 48.1 Å². The first kappa shape index (κ1) is 17.9. The van der Waals surface area contributed by atoms with Crippen molar-refractivity contribution >= 4 is 16.7 Å². The number of aromatic nitrogens is 3. The molecule has 0 spiro atoms. The van der Waals surface area contributed by atoms with Gasteiger partial charge in [-0.3, -0.25) is 4.90 Å². The number of piperazine rings is 1. The number of para-hydroxylation sites is 1. The fourth-order valence-corrected chi connectivity index (χ4v) is 3.38. The van der Waals surface area contributed by atoms with Crippen molar-refractivity contribution < 1.29 is 9.26 Å². The molecule has 1 aromatic carbocycles. The molecule has 7 nitrogen and oxygen atoms in total. The van der Waals surface area contributed by atoms with Gasteiger partial charge in [-0.1, -0.05) is 23.4 Å². The van der Waals surface area contributed by atoms with Crippen LogP contribution < -0.4 is 4.90 Å². The molecule has 142 valence electrons. The Labute approximate surface area is 158 Å². The highest BCUT2D eigenvalue weighted by atomic mass is 16.5. The van der Waals surface area contributed by atoms with Gasteiger partial charge in [0.15, 0.2) is 5.82 Å². The van der Waals surface area contributed by atoms with Gasteiger partial charge in [-0.15, -0.1) is 0 Å². The van der Waals surface area contributed by atoms with Gasteiger partial charge in [-0.25, -0.2) is 4.98 Å². The number of hydrogen-bond donors (Lipinski definition) is 0. The second-order valence-corrected chi connectivity index (χ2v) is 6.77. The molecule has 27 heavy (non-hydrogen) atoms. The minimum atomic E-state index is -0.136. The summed E-state index contributed by atoms with van der Waals surface area (Å²) in [5, 5.41) is 5.21. The average molecular weight is 367 g/mol. The second-order valence-electron chi connectivity index (χ2n) is 6.77. The summed E-state index contributed by atoms with van der Waals surface area (Å²) >= 11 is 0. The van der Waals surface area contributed by atoms with Gasteiger partial charge < -0.3 is 14.2 Å². The maximum absolute atomic E-state index is 5.51. The molecule has 1 aliphatic heterocycles. The van der Waals surface area contributed by atoms with E-state index in [0.29, 0.717) is 24.9 Å². The zero-order valence-corrected chi connectivity index (χ0v) is 15.8. The molecule has 0 bridgehead atoms. The summed E-state index contributed by atoms with van der Waals surface area (Å²) < 4.78 is 10.9. The molecular weight excluding hydrogens is 342 g/mol. The first-order valence-electron chi connectivity index (χ1n) is 9.50. The predicted octanol–water partition coefficient (Wildman–Crippen LogP) is 3.04. The van der Waals surface area contributed by atoms with Crippen molar-refractivity contribution in [1.82, 2.24) is 20.0 Å². The molecule has 4 rings (SSSR count). The lowest BCUT2D eigenvalue weighted by Crippen LogP contribution is -2.46. The van der Waals surface area contributed by atoms with Gasteiger partial charge in [0.2, 0.25) is 5.89 Å². The normalized spacial score (nSPS) is 16.7. The lowest BCUT2D eigenvalue weighted by atomic mass is 10.2. The Morgan fingerprint density at radius 3 is 2.70 bits per heavy atom. The van der Waals surface area contributed by atoms with Crippen LogP contribution >= 0.6 is 0 Å². The van der Waals surface area contributed by atoms with Gasteiger partial charge in [0, 0.05) is 38.2 Å². The molecule has 3 heterocycles. The third-order valence-electron chi connectivity index (χ3n) is 4.90. The van der Waals surface area contributed by atoms with E-state index in [9.17, 15) is 0 Å². The van der Waals surface area contributed by atoms with E-state index >= 15 is 0 Å². The molecule has 0 radical (unpaired) electrons. The molecule has 1 saturated heterocycles. The zero-order valence-electron chi connectivity index (χ0n) is 15.8. The van der Waals surface area contributed by atoms with E-state index in [1.165, 1.54) is 5.39 Å². The van der Waals surface area contributed by atoms with E-state index in [1.807, 2.05) is 26.0 Å². The average Bonchev–Trinajstić information content (AvgIpc) is 3.17. The number of pyridine rings is 1. The van der Waals surface area contributed by atoms with Crippen molar-refractivity contribution in [2.75, 3.05) is 37.7 Å². The number of ether oxygens (including phenoxy) is 1. The van der Waals surface area contributed by atoms with Gasteiger partial charge in [-0.05, 0) is 32.0 Å². The molecule has 3 aromatic rings. The van der Waals surface area contributed by atoms with Crippen LogP contribution in [0, 0.1) is 0 Å². The van der Waals surface area contributed by atoms with Crippen molar-refractivity contribution in [3.63, 3.8) is 0 Å². The Morgan fingerprint density at radius 2 is 1.89 bits per heavy atom. The van der Waals surface area contributed by atoms with Crippen LogP contribution in [-0.2, 0) is 11.3 Å². The van der Waals surface area contributed by atoms with E-state index in [0.717, 1.165) is 37.5 Å². The number of fused-ring (bicyclic) bond motifs is 1. The van der Waals surface area contributed by atoms with Crippen molar-refractivity contribution in [2.45, 2.75) is 26.5 Å². The van der Waals surface area contributed by atoms with E-state index in [2.05, 4.69) is 44.2 Å². The monoisotopic (exact) mass is 367 g/mol. The van der Waals surface area contributed by atoms with Gasteiger partial charge in [0.05, 0.1) is 12.1 Å². The molecule has 0 amide bonds. The second kappa shape index (κ2) is 8.02. The van der Waals surface area contributed by atoms with Crippen LogP contribution in [0.25, 0.3) is 10.9 Å². The largest absolute Gasteiger partial charge is 0.371 e. The Kier molecular flexibility index (Phi) is 5.31. The molecule has 1 aliphatic rings. The molecular formula is C20H25N5O2. The van der Waals surface area contributed by atoms with Crippen molar-refractivity contribution in [2.24, 2.45) is 0 Å². The van der Waals surface area contributed by atoms with Crippen LogP contribution in [0.2, 0.25) is 0 Å². The summed E-state index contributed by atoms with van der Waals surface area (Å²) in [6.07, 6.45) is -0.136. The Bertz CT molecular complexity index is 889. The molecule has 2 aromatic heterocycles. The standard InChI is InChI=1S/C20H25N5O2/c1-3-26-15(2)20-22-19(27-23-20)14-24-10-12-25(13-11-24)18-9-8-16-6-4-5-7-17(16)21-18/h4-9,15H,3,10-14H2,1-2H3. The highest BCUT2D eigenvalue weighted by molar-refractivity contribution is 5.80. The topological polar surface area (TPSA) is 67.5 Å². The first-order valence-corrected chi connectivity index (χ1v) is 9.50. The molecule has 0 aliphatic carbocycles. The SMILES string of the molecule is CCOC(C)c1noc(CN2CCN(c3ccc4ccccc4n3)CC2)n1. The summed E-state index contributed by atoms with van der Waals surface area (Å²) in [5.74, 6) is 2.30. The Hall–Kier alpha value is -2.51. The van der Waals surface area contributed by atoms with Gasteiger partial charge in [-0.2, -0.15) is 4.98 Å². The number of nitrogens with zero attached hydrogens (tertiary/aromatic N) is 5. The number of benzene rings is 1.